The van der Waals surface area contributed by atoms with E-state index in [4.69, 9.17) is 0 Å². The molecular weight excluding hydrogens is 388 g/mol. The van der Waals surface area contributed by atoms with Crippen LogP contribution < -0.4 is 5.32 Å². The average molecular weight is 408 g/mol. The topological polar surface area (TPSA) is 101 Å². The van der Waals surface area contributed by atoms with Gasteiger partial charge in [0.15, 0.2) is 5.82 Å². The number of carbonyl (C=O) groups excluding carboxylic acids is 2. The summed E-state index contributed by atoms with van der Waals surface area (Å²) in [6.07, 6.45) is 3.20. The number of anilines is 1. The van der Waals surface area contributed by atoms with Crippen LogP contribution in [0.3, 0.4) is 0 Å². The first-order valence-corrected chi connectivity index (χ1v) is 10.1. The number of aryl methyl sites for hydroxylation is 2. The van der Waals surface area contributed by atoms with Crippen LogP contribution >= 0.6 is 11.5 Å². The molecule has 4 rings (SSSR count). The molecule has 0 aliphatic carbocycles. The second kappa shape index (κ2) is 8.04. The minimum absolute atomic E-state index is 0.0906. The van der Waals surface area contributed by atoms with Crippen molar-refractivity contribution in [1.29, 1.82) is 0 Å². The first-order chi connectivity index (χ1) is 14.0. The van der Waals surface area contributed by atoms with Crippen molar-refractivity contribution in [2.75, 3.05) is 11.9 Å². The summed E-state index contributed by atoms with van der Waals surface area (Å²) in [4.78, 5) is 36.8. The molecule has 2 aromatic heterocycles. The van der Waals surface area contributed by atoms with Crippen molar-refractivity contribution in [2.45, 2.75) is 32.7 Å². The largest absolute Gasteiger partial charge is 0.328 e. The molecule has 1 aliphatic heterocycles. The van der Waals surface area contributed by atoms with Crippen molar-refractivity contribution in [1.82, 2.24) is 24.5 Å². The van der Waals surface area contributed by atoms with Crippen LogP contribution in [0.1, 0.15) is 56.1 Å². The zero-order chi connectivity index (χ0) is 20.4. The minimum atomic E-state index is -0.258. The highest BCUT2D eigenvalue weighted by Gasteiger charge is 2.34. The maximum Gasteiger partial charge on any atom is 0.268 e. The Morgan fingerprint density at radius 2 is 1.97 bits per heavy atom. The molecule has 3 heterocycles. The summed E-state index contributed by atoms with van der Waals surface area (Å²) < 4.78 is 3.86. The van der Waals surface area contributed by atoms with Gasteiger partial charge >= 0.3 is 0 Å². The molecule has 2 amide bonds. The minimum Gasteiger partial charge on any atom is -0.328 e. The van der Waals surface area contributed by atoms with Crippen molar-refractivity contribution in [3.63, 3.8) is 0 Å². The van der Waals surface area contributed by atoms with E-state index in [-0.39, 0.29) is 17.9 Å². The molecule has 1 saturated heterocycles. The summed E-state index contributed by atoms with van der Waals surface area (Å²) in [5.74, 6) is 0.206. The number of aromatic nitrogens is 4. The van der Waals surface area contributed by atoms with E-state index in [1.54, 1.807) is 18.7 Å². The van der Waals surface area contributed by atoms with E-state index < -0.39 is 0 Å². The van der Waals surface area contributed by atoms with E-state index in [1.165, 1.54) is 6.20 Å². The summed E-state index contributed by atoms with van der Waals surface area (Å²) >= 11 is 1.11. The monoisotopic (exact) mass is 408 g/mol. The lowest BCUT2D eigenvalue weighted by Crippen LogP contribution is -2.31. The van der Waals surface area contributed by atoms with Gasteiger partial charge in [0.25, 0.3) is 11.8 Å². The van der Waals surface area contributed by atoms with E-state index in [0.29, 0.717) is 39.9 Å². The van der Waals surface area contributed by atoms with Gasteiger partial charge in [-0.1, -0.05) is 22.7 Å². The number of likely N-dealkylation sites (tertiary alicyclic amines) is 1. The van der Waals surface area contributed by atoms with Crippen LogP contribution in [-0.2, 0) is 0 Å². The molecule has 0 bridgehead atoms. The van der Waals surface area contributed by atoms with E-state index in [1.807, 2.05) is 30.3 Å². The van der Waals surface area contributed by atoms with Crippen LogP contribution in [0.15, 0.2) is 36.5 Å². The van der Waals surface area contributed by atoms with Gasteiger partial charge in [-0.15, -0.1) is 5.10 Å². The fourth-order valence-corrected chi connectivity index (χ4v) is 4.04. The number of nitrogens with one attached hydrogen (secondary N) is 1. The van der Waals surface area contributed by atoms with Crippen molar-refractivity contribution in [3.05, 3.63) is 64.2 Å². The fourth-order valence-electron chi connectivity index (χ4n) is 3.42. The molecular formula is C20H20N6O2S. The summed E-state index contributed by atoms with van der Waals surface area (Å²) in [6, 6.07) is 9.02. The summed E-state index contributed by atoms with van der Waals surface area (Å²) in [7, 11) is 0. The second-order valence-electron chi connectivity index (χ2n) is 6.89. The highest BCUT2D eigenvalue weighted by Crippen LogP contribution is 2.32. The van der Waals surface area contributed by atoms with Crippen molar-refractivity contribution in [2.24, 2.45) is 0 Å². The maximum absolute atomic E-state index is 12.9. The Bertz CT molecular complexity index is 1050. The molecule has 3 aromatic rings. The number of amides is 2. The summed E-state index contributed by atoms with van der Waals surface area (Å²) in [5.41, 5.74) is 2.34. The third-order valence-corrected chi connectivity index (χ3v) is 5.75. The number of rotatable bonds is 4. The molecule has 0 spiro atoms. The molecule has 9 heteroatoms. The van der Waals surface area contributed by atoms with Crippen molar-refractivity contribution in [3.8, 4) is 0 Å². The highest BCUT2D eigenvalue weighted by atomic mass is 32.1. The maximum atomic E-state index is 12.9. The van der Waals surface area contributed by atoms with Gasteiger partial charge in [0.2, 0.25) is 0 Å². The first kappa shape index (κ1) is 19.1. The SMILES string of the molecule is Cc1nc([C@H]2CCCN2C(=O)c2snnc2C)ncc1C(=O)Nc1ccccc1. The third-order valence-electron chi connectivity index (χ3n) is 4.93. The van der Waals surface area contributed by atoms with E-state index in [9.17, 15) is 9.59 Å². The van der Waals surface area contributed by atoms with Gasteiger partial charge in [-0.25, -0.2) is 9.97 Å². The van der Waals surface area contributed by atoms with Crippen LogP contribution in [0.2, 0.25) is 0 Å². The van der Waals surface area contributed by atoms with Gasteiger partial charge in [-0.05, 0) is 50.4 Å². The number of hydrogen-bond donors (Lipinski definition) is 1. The molecule has 148 valence electrons. The van der Waals surface area contributed by atoms with Crippen LogP contribution in [0.25, 0.3) is 0 Å². The smallest absolute Gasteiger partial charge is 0.268 e. The van der Waals surface area contributed by atoms with Gasteiger partial charge < -0.3 is 10.2 Å². The molecule has 1 aromatic carbocycles. The molecule has 0 saturated carbocycles. The predicted octanol–water partition coefficient (Wildman–Crippen LogP) is 3.17. The number of para-hydroxylation sites is 1. The lowest BCUT2D eigenvalue weighted by atomic mass is 10.1. The number of carbonyl (C=O) groups is 2. The second-order valence-corrected chi connectivity index (χ2v) is 7.65. The Kier molecular flexibility index (Phi) is 5.30. The number of hydrogen-bond acceptors (Lipinski definition) is 7. The number of nitrogens with zero attached hydrogens (tertiary/aromatic N) is 5. The predicted molar refractivity (Wildman–Crippen MR) is 109 cm³/mol. The van der Waals surface area contributed by atoms with E-state index >= 15 is 0 Å². The summed E-state index contributed by atoms with van der Waals surface area (Å²) in [6.45, 7) is 4.20. The molecule has 29 heavy (non-hydrogen) atoms. The molecule has 1 aliphatic rings. The first-order valence-electron chi connectivity index (χ1n) is 9.34. The molecule has 8 nitrogen and oxygen atoms in total. The highest BCUT2D eigenvalue weighted by molar-refractivity contribution is 7.07. The Balaban J connectivity index is 1.54. The number of benzene rings is 1. The van der Waals surface area contributed by atoms with E-state index in [0.717, 1.165) is 24.4 Å². The molecule has 1 atom stereocenters. The lowest BCUT2D eigenvalue weighted by molar-refractivity contribution is 0.0733. The van der Waals surface area contributed by atoms with E-state index in [2.05, 4.69) is 24.9 Å². The van der Waals surface area contributed by atoms with Crippen molar-refractivity contribution >= 4 is 29.0 Å². The Morgan fingerprint density at radius 1 is 1.17 bits per heavy atom. The third kappa shape index (κ3) is 3.86. The average Bonchev–Trinajstić information content (AvgIpc) is 3.37. The van der Waals surface area contributed by atoms with Crippen LogP contribution in [-0.4, -0.2) is 42.8 Å². The van der Waals surface area contributed by atoms with Gasteiger partial charge in [-0.2, -0.15) is 0 Å². The fraction of sp³-hybridized carbons (Fsp3) is 0.300. The Labute approximate surface area is 172 Å². The van der Waals surface area contributed by atoms with Crippen LogP contribution in [0.4, 0.5) is 5.69 Å². The van der Waals surface area contributed by atoms with Gasteiger partial charge in [-0.3, -0.25) is 9.59 Å². The van der Waals surface area contributed by atoms with Gasteiger partial charge in [0.05, 0.1) is 23.0 Å². The Morgan fingerprint density at radius 3 is 2.66 bits per heavy atom. The Hall–Kier alpha value is -3.20. The zero-order valence-electron chi connectivity index (χ0n) is 16.1. The summed E-state index contributed by atoms with van der Waals surface area (Å²) in [5, 5.41) is 6.78. The quantitative estimate of drug-likeness (QED) is 0.712. The molecule has 1 fully saturated rings. The molecule has 0 radical (unpaired) electrons. The normalized spacial score (nSPS) is 16.1. The van der Waals surface area contributed by atoms with Gasteiger partial charge in [0.1, 0.15) is 4.88 Å². The molecule has 0 unspecified atom stereocenters. The van der Waals surface area contributed by atoms with Crippen LogP contribution in [0.5, 0.6) is 0 Å². The zero-order valence-corrected chi connectivity index (χ0v) is 16.9. The van der Waals surface area contributed by atoms with Gasteiger partial charge in [0, 0.05) is 18.4 Å². The molecule has 1 N–H and O–H groups in total. The lowest BCUT2D eigenvalue weighted by Gasteiger charge is -2.23. The van der Waals surface area contributed by atoms with Crippen LogP contribution in [0, 0.1) is 13.8 Å². The standard InChI is InChI=1S/C20H20N6O2S/c1-12-15(19(27)23-14-7-4-3-5-8-14)11-21-18(22-12)16-9-6-10-26(16)20(28)17-13(2)24-25-29-17/h3-5,7-8,11,16H,6,9-10H2,1-2H3,(H,23,27)/t16-/m1/s1. The van der Waals surface area contributed by atoms with Crippen molar-refractivity contribution < 1.29 is 9.59 Å².